The van der Waals surface area contributed by atoms with Gasteiger partial charge in [-0.3, -0.25) is 9.59 Å². The second-order valence-corrected chi connectivity index (χ2v) is 5.32. The highest BCUT2D eigenvalue weighted by molar-refractivity contribution is 5.81. The lowest BCUT2D eigenvalue weighted by Gasteiger charge is -2.37. The Bertz CT molecular complexity index is 334. The molecule has 1 saturated heterocycles. The second kappa shape index (κ2) is 9.73. The third-order valence-corrected chi connectivity index (χ3v) is 3.75. The molecule has 1 N–H and O–H groups in total. The van der Waals surface area contributed by atoms with Gasteiger partial charge in [-0.05, 0) is 39.5 Å². The molecule has 1 aliphatic rings. The lowest BCUT2D eigenvalue weighted by molar-refractivity contribution is -0.148. The molecular formula is C15H27NO5. The summed E-state index contributed by atoms with van der Waals surface area (Å²) in [6.45, 7) is 5.87. The van der Waals surface area contributed by atoms with Crippen LogP contribution in [0, 0.1) is 0 Å². The van der Waals surface area contributed by atoms with Crippen LogP contribution < -0.4 is 0 Å². The van der Waals surface area contributed by atoms with E-state index in [2.05, 4.69) is 0 Å². The summed E-state index contributed by atoms with van der Waals surface area (Å²) in [6, 6.07) is 0.0280. The first-order valence-corrected chi connectivity index (χ1v) is 7.77. The number of piperidine rings is 1. The summed E-state index contributed by atoms with van der Waals surface area (Å²) >= 11 is 0. The molecule has 0 aromatic rings. The van der Waals surface area contributed by atoms with Gasteiger partial charge in [0.15, 0.2) is 0 Å². The van der Waals surface area contributed by atoms with Crippen molar-refractivity contribution in [1.29, 1.82) is 0 Å². The Morgan fingerprint density at radius 2 is 2.10 bits per heavy atom. The molecule has 1 aliphatic heterocycles. The number of hydrogen-bond donors (Lipinski definition) is 1. The van der Waals surface area contributed by atoms with E-state index >= 15 is 0 Å². The van der Waals surface area contributed by atoms with E-state index in [4.69, 9.17) is 14.6 Å². The quantitative estimate of drug-likeness (QED) is 0.656. The van der Waals surface area contributed by atoms with Gasteiger partial charge in [-0.25, -0.2) is 0 Å². The molecule has 21 heavy (non-hydrogen) atoms. The molecule has 0 bridgehead atoms. The Balaban J connectivity index is 2.45. The highest BCUT2D eigenvalue weighted by Crippen LogP contribution is 2.22. The van der Waals surface area contributed by atoms with Crippen LogP contribution in [0.15, 0.2) is 0 Å². The molecule has 0 saturated carbocycles. The number of hydrogen-bond acceptors (Lipinski definition) is 4. The van der Waals surface area contributed by atoms with Crippen molar-refractivity contribution in [1.82, 2.24) is 4.90 Å². The van der Waals surface area contributed by atoms with Crippen LogP contribution >= 0.6 is 0 Å². The summed E-state index contributed by atoms with van der Waals surface area (Å²) in [5.41, 5.74) is 0. The average molecular weight is 301 g/mol. The molecule has 0 radical (unpaired) electrons. The van der Waals surface area contributed by atoms with Crippen molar-refractivity contribution in [2.45, 2.75) is 58.1 Å². The van der Waals surface area contributed by atoms with E-state index in [0.717, 1.165) is 19.3 Å². The first-order chi connectivity index (χ1) is 10.1. The number of aliphatic carboxylic acids is 1. The Kier molecular flexibility index (Phi) is 8.30. The van der Waals surface area contributed by atoms with Gasteiger partial charge in [0.05, 0.1) is 13.2 Å². The summed E-state index contributed by atoms with van der Waals surface area (Å²) in [6.07, 6.45) is 3.02. The van der Waals surface area contributed by atoms with Crippen molar-refractivity contribution in [3.8, 4) is 0 Å². The SMILES string of the molecule is CCOCCOC(C)C(=O)N1CCCCC1CCC(=O)O. The Morgan fingerprint density at radius 3 is 2.76 bits per heavy atom. The fourth-order valence-electron chi connectivity index (χ4n) is 2.61. The van der Waals surface area contributed by atoms with E-state index in [1.807, 2.05) is 6.92 Å². The van der Waals surface area contributed by atoms with Crippen LogP contribution in [0.1, 0.15) is 46.0 Å². The highest BCUT2D eigenvalue weighted by Gasteiger charge is 2.30. The van der Waals surface area contributed by atoms with Crippen LogP contribution in [-0.4, -0.2) is 60.4 Å². The molecule has 1 rings (SSSR count). The standard InChI is InChI=1S/C15H27NO5/c1-3-20-10-11-21-12(2)15(19)16-9-5-4-6-13(16)7-8-14(17)18/h12-13H,3-11H2,1-2H3,(H,17,18). The molecule has 0 aromatic heterocycles. The Morgan fingerprint density at radius 1 is 1.33 bits per heavy atom. The molecule has 0 spiro atoms. The third-order valence-electron chi connectivity index (χ3n) is 3.75. The van der Waals surface area contributed by atoms with Crippen LogP contribution in [-0.2, 0) is 19.1 Å². The maximum absolute atomic E-state index is 12.4. The molecule has 6 nitrogen and oxygen atoms in total. The van der Waals surface area contributed by atoms with Gasteiger partial charge in [0, 0.05) is 25.6 Å². The minimum atomic E-state index is -0.811. The minimum Gasteiger partial charge on any atom is -0.481 e. The van der Waals surface area contributed by atoms with Gasteiger partial charge < -0.3 is 19.5 Å². The maximum atomic E-state index is 12.4. The summed E-state index contributed by atoms with van der Waals surface area (Å²) in [5, 5.41) is 8.80. The van der Waals surface area contributed by atoms with E-state index in [9.17, 15) is 9.59 Å². The van der Waals surface area contributed by atoms with E-state index in [1.165, 1.54) is 0 Å². The van der Waals surface area contributed by atoms with Crippen molar-refractivity contribution in [3.63, 3.8) is 0 Å². The van der Waals surface area contributed by atoms with Crippen LogP contribution in [0.3, 0.4) is 0 Å². The second-order valence-electron chi connectivity index (χ2n) is 5.32. The van der Waals surface area contributed by atoms with Gasteiger partial charge >= 0.3 is 5.97 Å². The Labute approximate surface area is 126 Å². The van der Waals surface area contributed by atoms with Gasteiger partial charge in [-0.15, -0.1) is 0 Å². The largest absolute Gasteiger partial charge is 0.481 e. The summed E-state index contributed by atoms with van der Waals surface area (Å²) in [7, 11) is 0. The first-order valence-electron chi connectivity index (χ1n) is 7.77. The zero-order valence-electron chi connectivity index (χ0n) is 13.0. The van der Waals surface area contributed by atoms with Gasteiger partial charge in [0.2, 0.25) is 0 Å². The van der Waals surface area contributed by atoms with Crippen LogP contribution in [0.5, 0.6) is 0 Å². The van der Waals surface area contributed by atoms with E-state index < -0.39 is 12.1 Å². The van der Waals surface area contributed by atoms with Crippen molar-refractivity contribution >= 4 is 11.9 Å². The Hall–Kier alpha value is -1.14. The van der Waals surface area contributed by atoms with Crippen molar-refractivity contribution in [3.05, 3.63) is 0 Å². The topological polar surface area (TPSA) is 76.1 Å². The fraction of sp³-hybridized carbons (Fsp3) is 0.867. The molecule has 0 aromatic carbocycles. The number of carboxylic acids is 1. The van der Waals surface area contributed by atoms with Gasteiger partial charge in [0.25, 0.3) is 5.91 Å². The fourth-order valence-corrected chi connectivity index (χ4v) is 2.61. The molecule has 2 unspecified atom stereocenters. The monoisotopic (exact) mass is 301 g/mol. The molecule has 6 heteroatoms. The minimum absolute atomic E-state index is 0.0280. The van der Waals surface area contributed by atoms with Gasteiger partial charge in [-0.2, -0.15) is 0 Å². The number of likely N-dealkylation sites (tertiary alicyclic amines) is 1. The number of carboxylic acid groups (broad SMARTS) is 1. The average Bonchev–Trinajstić information content (AvgIpc) is 2.48. The van der Waals surface area contributed by atoms with Crippen molar-refractivity contribution < 1.29 is 24.2 Å². The number of carbonyl (C=O) groups excluding carboxylic acids is 1. The van der Waals surface area contributed by atoms with Crippen molar-refractivity contribution in [2.75, 3.05) is 26.4 Å². The molecule has 122 valence electrons. The van der Waals surface area contributed by atoms with E-state index in [1.54, 1.807) is 11.8 Å². The lowest BCUT2D eigenvalue weighted by Crippen LogP contribution is -2.48. The number of nitrogens with zero attached hydrogens (tertiary/aromatic N) is 1. The molecule has 1 amide bonds. The van der Waals surface area contributed by atoms with Gasteiger partial charge in [-0.1, -0.05) is 0 Å². The predicted molar refractivity (Wildman–Crippen MR) is 78.1 cm³/mol. The van der Waals surface area contributed by atoms with E-state index in [0.29, 0.717) is 32.8 Å². The normalized spacial score (nSPS) is 20.3. The van der Waals surface area contributed by atoms with Gasteiger partial charge in [0.1, 0.15) is 6.10 Å². The van der Waals surface area contributed by atoms with E-state index in [-0.39, 0.29) is 18.4 Å². The predicted octanol–water partition coefficient (Wildman–Crippen LogP) is 1.67. The molecule has 0 aliphatic carbocycles. The molecule has 1 heterocycles. The number of rotatable bonds is 9. The zero-order chi connectivity index (χ0) is 15.7. The van der Waals surface area contributed by atoms with Crippen molar-refractivity contribution in [2.24, 2.45) is 0 Å². The van der Waals surface area contributed by atoms with Crippen LogP contribution in [0.25, 0.3) is 0 Å². The first kappa shape index (κ1) is 17.9. The zero-order valence-corrected chi connectivity index (χ0v) is 13.0. The maximum Gasteiger partial charge on any atom is 0.303 e. The smallest absolute Gasteiger partial charge is 0.303 e. The summed E-state index contributed by atoms with van der Waals surface area (Å²) in [4.78, 5) is 24.9. The van der Waals surface area contributed by atoms with Crippen LogP contribution in [0.2, 0.25) is 0 Å². The summed E-state index contributed by atoms with van der Waals surface area (Å²) in [5.74, 6) is -0.851. The number of ether oxygens (including phenoxy) is 2. The summed E-state index contributed by atoms with van der Waals surface area (Å²) < 4.78 is 10.7. The molecule has 2 atom stereocenters. The third kappa shape index (κ3) is 6.44. The molecular weight excluding hydrogens is 274 g/mol. The number of carbonyl (C=O) groups is 2. The highest BCUT2D eigenvalue weighted by atomic mass is 16.5. The molecule has 1 fully saturated rings. The van der Waals surface area contributed by atoms with Crippen LogP contribution in [0.4, 0.5) is 0 Å². The number of amides is 1. The lowest BCUT2D eigenvalue weighted by atomic mass is 9.97.